The molecule has 1 aliphatic heterocycles. The van der Waals surface area contributed by atoms with Gasteiger partial charge in [0.15, 0.2) is 0 Å². The van der Waals surface area contributed by atoms with Crippen LogP contribution in [0.3, 0.4) is 0 Å². The van der Waals surface area contributed by atoms with Crippen molar-refractivity contribution in [2.45, 2.75) is 19.3 Å². The zero-order chi connectivity index (χ0) is 12.1. The van der Waals surface area contributed by atoms with Crippen molar-refractivity contribution in [1.82, 2.24) is 5.32 Å². The SMILES string of the molecule is COC(=O)c1ccc(CC2CCNCC2)cc1.Cl. The van der Waals surface area contributed by atoms with Gasteiger partial charge in [-0.25, -0.2) is 4.79 Å². The van der Waals surface area contributed by atoms with E-state index in [0.717, 1.165) is 25.4 Å². The van der Waals surface area contributed by atoms with Crippen molar-refractivity contribution in [3.63, 3.8) is 0 Å². The number of esters is 1. The molecule has 0 saturated carbocycles. The fourth-order valence-electron chi connectivity index (χ4n) is 2.31. The first kappa shape index (κ1) is 15.0. The summed E-state index contributed by atoms with van der Waals surface area (Å²) in [6, 6.07) is 7.77. The Balaban J connectivity index is 0.00000162. The maximum Gasteiger partial charge on any atom is 0.337 e. The van der Waals surface area contributed by atoms with E-state index in [1.165, 1.54) is 25.5 Å². The van der Waals surface area contributed by atoms with Crippen molar-refractivity contribution in [2.75, 3.05) is 20.2 Å². The summed E-state index contributed by atoms with van der Waals surface area (Å²) in [5.74, 6) is 0.513. The highest BCUT2D eigenvalue weighted by Gasteiger charge is 2.13. The Morgan fingerprint density at radius 3 is 2.44 bits per heavy atom. The fraction of sp³-hybridized carbons (Fsp3) is 0.500. The molecular weight excluding hydrogens is 250 g/mol. The zero-order valence-electron chi connectivity index (χ0n) is 10.6. The molecule has 0 atom stereocenters. The van der Waals surface area contributed by atoms with Gasteiger partial charge in [0.05, 0.1) is 12.7 Å². The van der Waals surface area contributed by atoms with Crippen molar-refractivity contribution >= 4 is 18.4 Å². The topological polar surface area (TPSA) is 38.3 Å². The Morgan fingerprint density at radius 1 is 1.28 bits per heavy atom. The van der Waals surface area contributed by atoms with E-state index < -0.39 is 0 Å². The molecule has 0 radical (unpaired) electrons. The highest BCUT2D eigenvalue weighted by atomic mass is 35.5. The summed E-state index contributed by atoms with van der Waals surface area (Å²) in [6.45, 7) is 2.26. The van der Waals surface area contributed by atoms with Gasteiger partial charge in [-0.2, -0.15) is 0 Å². The molecule has 0 aliphatic carbocycles. The second-order valence-corrected chi connectivity index (χ2v) is 4.59. The van der Waals surface area contributed by atoms with Gasteiger partial charge in [-0.15, -0.1) is 12.4 Å². The van der Waals surface area contributed by atoms with Gasteiger partial charge in [0.2, 0.25) is 0 Å². The van der Waals surface area contributed by atoms with Crippen LogP contribution in [-0.2, 0) is 11.2 Å². The molecule has 0 amide bonds. The van der Waals surface area contributed by atoms with Gasteiger partial charge < -0.3 is 10.1 Å². The quantitative estimate of drug-likeness (QED) is 0.857. The maximum absolute atomic E-state index is 11.3. The number of hydrogen-bond donors (Lipinski definition) is 1. The lowest BCUT2D eigenvalue weighted by Gasteiger charge is -2.22. The van der Waals surface area contributed by atoms with Gasteiger partial charge in [-0.1, -0.05) is 12.1 Å². The van der Waals surface area contributed by atoms with E-state index in [1.54, 1.807) is 0 Å². The maximum atomic E-state index is 11.3. The molecule has 0 bridgehead atoms. The second-order valence-electron chi connectivity index (χ2n) is 4.59. The minimum atomic E-state index is -0.265. The molecule has 2 rings (SSSR count). The van der Waals surface area contributed by atoms with Crippen LogP contribution in [0.2, 0.25) is 0 Å². The van der Waals surface area contributed by atoms with Crippen LogP contribution < -0.4 is 5.32 Å². The van der Waals surface area contributed by atoms with Crippen LogP contribution in [0.25, 0.3) is 0 Å². The Bertz CT molecular complexity index is 372. The molecule has 1 aromatic carbocycles. The van der Waals surface area contributed by atoms with Gasteiger partial charge in [0.25, 0.3) is 0 Å². The number of nitrogens with one attached hydrogen (secondary N) is 1. The van der Waals surface area contributed by atoms with Crippen molar-refractivity contribution in [3.8, 4) is 0 Å². The van der Waals surface area contributed by atoms with Gasteiger partial charge >= 0.3 is 5.97 Å². The van der Waals surface area contributed by atoms with Gasteiger partial charge in [-0.3, -0.25) is 0 Å². The van der Waals surface area contributed by atoms with E-state index >= 15 is 0 Å². The number of methoxy groups -OCH3 is 1. The lowest BCUT2D eigenvalue weighted by atomic mass is 9.91. The largest absolute Gasteiger partial charge is 0.465 e. The number of rotatable bonds is 3. The number of ether oxygens (including phenoxy) is 1. The van der Waals surface area contributed by atoms with E-state index in [9.17, 15) is 4.79 Å². The molecule has 4 heteroatoms. The van der Waals surface area contributed by atoms with Crippen LogP contribution in [0.4, 0.5) is 0 Å². The number of carbonyl (C=O) groups excluding carboxylic acids is 1. The predicted molar refractivity (Wildman–Crippen MR) is 74.3 cm³/mol. The van der Waals surface area contributed by atoms with Gasteiger partial charge in [-0.05, 0) is 56.0 Å². The number of benzene rings is 1. The smallest absolute Gasteiger partial charge is 0.337 e. The molecule has 1 saturated heterocycles. The van der Waals surface area contributed by atoms with E-state index in [-0.39, 0.29) is 18.4 Å². The number of hydrogen-bond acceptors (Lipinski definition) is 3. The third-order valence-electron chi connectivity index (χ3n) is 3.36. The predicted octanol–water partition coefficient (Wildman–Crippen LogP) is 2.44. The molecule has 18 heavy (non-hydrogen) atoms. The van der Waals surface area contributed by atoms with Crippen LogP contribution in [0.15, 0.2) is 24.3 Å². The summed E-state index contributed by atoms with van der Waals surface area (Å²) in [5.41, 5.74) is 1.94. The molecule has 1 aliphatic rings. The van der Waals surface area contributed by atoms with E-state index in [4.69, 9.17) is 0 Å². The molecule has 1 aromatic rings. The number of carbonyl (C=O) groups is 1. The average Bonchev–Trinajstić information content (AvgIpc) is 2.40. The first-order valence-electron chi connectivity index (χ1n) is 6.17. The Labute approximate surface area is 114 Å². The highest BCUT2D eigenvalue weighted by Crippen LogP contribution is 2.18. The van der Waals surface area contributed by atoms with Crippen molar-refractivity contribution in [2.24, 2.45) is 5.92 Å². The molecule has 0 unspecified atom stereocenters. The van der Waals surface area contributed by atoms with E-state index in [0.29, 0.717) is 5.56 Å². The lowest BCUT2D eigenvalue weighted by molar-refractivity contribution is 0.0600. The third-order valence-corrected chi connectivity index (χ3v) is 3.36. The molecule has 0 aromatic heterocycles. The van der Waals surface area contributed by atoms with E-state index in [1.807, 2.05) is 24.3 Å². The summed E-state index contributed by atoms with van der Waals surface area (Å²) < 4.78 is 4.68. The molecular formula is C14H20ClNO2. The Hall–Kier alpha value is -1.06. The summed E-state index contributed by atoms with van der Waals surface area (Å²) in [5, 5.41) is 3.37. The van der Waals surface area contributed by atoms with Crippen LogP contribution in [0, 0.1) is 5.92 Å². The zero-order valence-corrected chi connectivity index (χ0v) is 11.5. The monoisotopic (exact) mass is 269 g/mol. The molecule has 1 fully saturated rings. The fourth-order valence-corrected chi connectivity index (χ4v) is 2.31. The summed E-state index contributed by atoms with van der Waals surface area (Å²) in [4.78, 5) is 11.3. The minimum Gasteiger partial charge on any atom is -0.465 e. The van der Waals surface area contributed by atoms with Gasteiger partial charge in [0, 0.05) is 0 Å². The number of halogens is 1. The minimum absolute atomic E-state index is 0. The molecule has 100 valence electrons. The van der Waals surface area contributed by atoms with Crippen LogP contribution in [0.5, 0.6) is 0 Å². The van der Waals surface area contributed by atoms with Crippen molar-refractivity contribution < 1.29 is 9.53 Å². The third kappa shape index (κ3) is 4.00. The first-order valence-corrected chi connectivity index (χ1v) is 6.17. The normalized spacial score (nSPS) is 15.8. The number of piperidine rings is 1. The molecule has 0 spiro atoms. The molecule has 1 N–H and O–H groups in total. The summed E-state index contributed by atoms with van der Waals surface area (Å²) in [7, 11) is 1.41. The summed E-state index contributed by atoms with van der Waals surface area (Å²) >= 11 is 0. The first-order chi connectivity index (χ1) is 8.29. The Kier molecular flexibility index (Phi) is 6.16. The average molecular weight is 270 g/mol. The van der Waals surface area contributed by atoms with Crippen LogP contribution in [-0.4, -0.2) is 26.2 Å². The van der Waals surface area contributed by atoms with Gasteiger partial charge in [0.1, 0.15) is 0 Å². The lowest BCUT2D eigenvalue weighted by Crippen LogP contribution is -2.28. The molecule has 1 heterocycles. The van der Waals surface area contributed by atoms with Crippen LogP contribution in [0.1, 0.15) is 28.8 Å². The highest BCUT2D eigenvalue weighted by molar-refractivity contribution is 5.89. The van der Waals surface area contributed by atoms with Crippen molar-refractivity contribution in [1.29, 1.82) is 0 Å². The van der Waals surface area contributed by atoms with Crippen LogP contribution >= 0.6 is 12.4 Å². The molecule has 3 nitrogen and oxygen atoms in total. The standard InChI is InChI=1S/C14H19NO2.ClH/c1-17-14(16)13-4-2-11(3-5-13)10-12-6-8-15-9-7-12;/h2-5,12,15H,6-10H2,1H3;1H. The van der Waals surface area contributed by atoms with Crippen molar-refractivity contribution in [3.05, 3.63) is 35.4 Å². The van der Waals surface area contributed by atoms with E-state index in [2.05, 4.69) is 10.1 Å². The second kappa shape index (κ2) is 7.39. The Morgan fingerprint density at radius 2 is 1.89 bits per heavy atom. The summed E-state index contributed by atoms with van der Waals surface area (Å²) in [6.07, 6.45) is 3.61.